The molecule has 0 aliphatic carbocycles. The lowest BCUT2D eigenvalue weighted by molar-refractivity contribution is 0.102. The smallest absolute Gasteiger partial charge is 0.258 e. The quantitative estimate of drug-likeness (QED) is 0.855. The minimum atomic E-state index is -0.312. The third-order valence-electron chi connectivity index (χ3n) is 2.89. The van der Waals surface area contributed by atoms with Crippen molar-refractivity contribution in [3.05, 3.63) is 47.0 Å². The molecule has 0 unspecified atom stereocenters. The fraction of sp³-hybridized carbons (Fsp3) is 0.267. The number of aromatic nitrogens is 2. The van der Waals surface area contributed by atoms with Crippen LogP contribution in [0.4, 0.5) is 11.6 Å². The molecule has 2 aromatic rings. The van der Waals surface area contributed by atoms with Crippen LogP contribution in [-0.2, 0) is 0 Å². The van der Waals surface area contributed by atoms with Crippen molar-refractivity contribution in [3.63, 3.8) is 0 Å². The van der Waals surface area contributed by atoms with Gasteiger partial charge in [-0.2, -0.15) is 0 Å². The molecule has 1 heterocycles. The molecular formula is C15H18ClN5O. The molecule has 2 rings (SSSR count). The van der Waals surface area contributed by atoms with E-state index in [0.29, 0.717) is 22.2 Å². The molecule has 0 saturated carbocycles. The number of carbonyl (C=O) groups is 1. The third kappa shape index (κ3) is 4.68. The first kappa shape index (κ1) is 16.2. The van der Waals surface area contributed by atoms with Crippen LogP contribution in [0, 0.1) is 0 Å². The molecule has 0 bridgehead atoms. The van der Waals surface area contributed by atoms with Gasteiger partial charge in [0.2, 0.25) is 0 Å². The van der Waals surface area contributed by atoms with Crippen molar-refractivity contribution in [3.8, 4) is 0 Å². The highest BCUT2D eigenvalue weighted by atomic mass is 35.5. The van der Waals surface area contributed by atoms with E-state index >= 15 is 0 Å². The highest BCUT2D eigenvalue weighted by Gasteiger charge is 2.10. The number of amides is 1. The number of rotatable bonds is 6. The first-order valence-corrected chi connectivity index (χ1v) is 7.22. The van der Waals surface area contributed by atoms with Crippen molar-refractivity contribution in [2.24, 2.45) is 0 Å². The molecule has 1 aromatic heterocycles. The summed E-state index contributed by atoms with van der Waals surface area (Å²) in [4.78, 5) is 14.2. The van der Waals surface area contributed by atoms with Crippen LogP contribution < -0.4 is 10.6 Å². The van der Waals surface area contributed by atoms with E-state index in [1.54, 1.807) is 36.4 Å². The molecule has 1 amide bonds. The van der Waals surface area contributed by atoms with E-state index in [2.05, 4.69) is 25.7 Å². The maximum Gasteiger partial charge on any atom is 0.258 e. The van der Waals surface area contributed by atoms with Gasteiger partial charge in [-0.15, -0.1) is 10.2 Å². The maximum atomic E-state index is 12.1. The molecule has 2 N–H and O–H groups in total. The van der Waals surface area contributed by atoms with Gasteiger partial charge in [0, 0.05) is 13.1 Å². The zero-order valence-corrected chi connectivity index (χ0v) is 13.3. The number of hydrogen-bond acceptors (Lipinski definition) is 5. The van der Waals surface area contributed by atoms with Gasteiger partial charge in [0.1, 0.15) is 5.82 Å². The number of hydrogen-bond donors (Lipinski definition) is 2. The minimum absolute atomic E-state index is 0.312. The lowest BCUT2D eigenvalue weighted by Crippen LogP contribution is -2.21. The Labute approximate surface area is 134 Å². The highest BCUT2D eigenvalue weighted by molar-refractivity contribution is 6.34. The first-order valence-electron chi connectivity index (χ1n) is 6.84. The second kappa shape index (κ2) is 7.72. The van der Waals surface area contributed by atoms with Gasteiger partial charge in [0.25, 0.3) is 5.91 Å². The van der Waals surface area contributed by atoms with Gasteiger partial charge < -0.3 is 15.5 Å². The monoisotopic (exact) mass is 319 g/mol. The van der Waals surface area contributed by atoms with Crippen LogP contribution in [0.5, 0.6) is 0 Å². The zero-order chi connectivity index (χ0) is 15.9. The number of halogens is 1. The van der Waals surface area contributed by atoms with Crippen molar-refractivity contribution in [2.45, 2.75) is 0 Å². The van der Waals surface area contributed by atoms with Crippen LogP contribution in [0.15, 0.2) is 36.4 Å². The normalized spacial score (nSPS) is 10.5. The molecule has 0 spiro atoms. The Morgan fingerprint density at radius 3 is 2.45 bits per heavy atom. The Bertz CT molecular complexity index is 630. The highest BCUT2D eigenvalue weighted by Crippen LogP contribution is 2.16. The number of likely N-dealkylation sites (N-methyl/N-ethyl adjacent to an activating group) is 1. The standard InChI is InChI=1S/C15H18ClN5O/c1-21(2)10-9-17-13-7-8-14(20-19-13)18-15(22)11-5-3-4-6-12(11)16/h3-8H,9-10H2,1-2H3,(H,17,19)(H,18,20,22). The molecule has 0 aliphatic heterocycles. The van der Waals surface area contributed by atoms with E-state index in [4.69, 9.17) is 11.6 Å². The van der Waals surface area contributed by atoms with Crippen LogP contribution in [0.1, 0.15) is 10.4 Å². The van der Waals surface area contributed by atoms with Crippen LogP contribution in [0.25, 0.3) is 0 Å². The lowest BCUT2D eigenvalue weighted by atomic mass is 10.2. The Morgan fingerprint density at radius 1 is 1.14 bits per heavy atom. The zero-order valence-electron chi connectivity index (χ0n) is 12.5. The van der Waals surface area contributed by atoms with E-state index in [1.807, 2.05) is 14.1 Å². The minimum Gasteiger partial charge on any atom is -0.367 e. The Morgan fingerprint density at radius 2 is 1.82 bits per heavy atom. The fourth-order valence-electron chi connectivity index (χ4n) is 1.73. The van der Waals surface area contributed by atoms with Gasteiger partial charge in [-0.25, -0.2) is 0 Å². The Kier molecular flexibility index (Phi) is 5.68. The molecule has 6 nitrogen and oxygen atoms in total. The first-order chi connectivity index (χ1) is 10.6. The molecule has 0 atom stereocenters. The van der Waals surface area contributed by atoms with E-state index in [1.165, 1.54) is 0 Å². The second-order valence-corrected chi connectivity index (χ2v) is 5.38. The largest absolute Gasteiger partial charge is 0.367 e. The molecule has 0 fully saturated rings. The van der Waals surface area contributed by atoms with E-state index < -0.39 is 0 Å². The van der Waals surface area contributed by atoms with Gasteiger partial charge >= 0.3 is 0 Å². The number of benzene rings is 1. The Hall–Kier alpha value is -2.18. The van der Waals surface area contributed by atoms with E-state index in [0.717, 1.165) is 13.1 Å². The predicted molar refractivity (Wildman–Crippen MR) is 88.5 cm³/mol. The van der Waals surface area contributed by atoms with Crippen molar-refractivity contribution in [1.82, 2.24) is 15.1 Å². The van der Waals surface area contributed by atoms with Crippen molar-refractivity contribution in [2.75, 3.05) is 37.8 Å². The molecule has 0 aliphatic rings. The van der Waals surface area contributed by atoms with Gasteiger partial charge in [0.05, 0.1) is 10.6 Å². The summed E-state index contributed by atoms with van der Waals surface area (Å²) >= 11 is 5.98. The predicted octanol–water partition coefficient (Wildman–Crippen LogP) is 2.36. The molecule has 1 aromatic carbocycles. The number of nitrogens with zero attached hydrogens (tertiary/aromatic N) is 3. The molecule has 7 heteroatoms. The van der Waals surface area contributed by atoms with Crippen molar-refractivity contribution in [1.29, 1.82) is 0 Å². The molecule has 116 valence electrons. The van der Waals surface area contributed by atoms with Crippen LogP contribution >= 0.6 is 11.6 Å². The summed E-state index contributed by atoms with van der Waals surface area (Å²) in [5.74, 6) is 0.730. The summed E-state index contributed by atoms with van der Waals surface area (Å²) in [6.07, 6.45) is 0. The molecular weight excluding hydrogens is 302 g/mol. The number of nitrogens with one attached hydrogen (secondary N) is 2. The number of anilines is 2. The summed E-state index contributed by atoms with van der Waals surface area (Å²) in [7, 11) is 4.00. The average molecular weight is 320 g/mol. The topological polar surface area (TPSA) is 70.2 Å². The molecule has 0 radical (unpaired) electrons. The third-order valence-corrected chi connectivity index (χ3v) is 3.22. The molecule has 22 heavy (non-hydrogen) atoms. The second-order valence-electron chi connectivity index (χ2n) is 4.97. The summed E-state index contributed by atoms with van der Waals surface area (Å²) in [6, 6.07) is 10.3. The van der Waals surface area contributed by atoms with Gasteiger partial charge in [0.15, 0.2) is 5.82 Å². The van der Waals surface area contributed by atoms with E-state index in [-0.39, 0.29) is 5.91 Å². The molecule has 0 saturated heterocycles. The van der Waals surface area contributed by atoms with Gasteiger partial charge in [-0.1, -0.05) is 23.7 Å². The SMILES string of the molecule is CN(C)CCNc1ccc(NC(=O)c2ccccc2Cl)nn1. The van der Waals surface area contributed by atoms with Gasteiger partial charge in [-0.3, -0.25) is 4.79 Å². The number of carbonyl (C=O) groups excluding carboxylic acids is 1. The maximum absolute atomic E-state index is 12.1. The Balaban J connectivity index is 1.94. The summed E-state index contributed by atoms with van der Waals surface area (Å²) < 4.78 is 0. The lowest BCUT2D eigenvalue weighted by Gasteiger charge is -2.10. The summed E-state index contributed by atoms with van der Waals surface area (Å²) in [5.41, 5.74) is 0.402. The summed E-state index contributed by atoms with van der Waals surface area (Å²) in [6.45, 7) is 1.67. The van der Waals surface area contributed by atoms with Gasteiger partial charge in [-0.05, 0) is 38.4 Å². The van der Waals surface area contributed by atoms with Crippen LogP contribution in [0.3, 0.4) is 0 Å². The summed E-state index contributed by atoms with van der Waals surface area (Å²) in [5, 5.41) is 14.2. The van der Waals surface area contributed by atoms with E-state index in [9.17, 15) is 4.79 Å². The van der Waals surface area contributed by atoms with Crippen LogP contribution in [0.2, 0.25) is 5.02 Å². The van der Waals surface area contributed by atoms with Crippen molar-refractivity contribution >= 4 is 29.1 Å². The fourth-order valence-corrected chi connectivity index (χ4v) is 1.95. The van der Waals surface area contributed by atoms with Crippen molar-refractivity contribution < 1.29 is 4.79 Å². The average Bonchev–Trinajstić information content (AvgIpc) is 2.49. The van der Waals surface area contributed by atoms with Crippen LogP contribution in [-0.4, -0.2) is 48.2 Å².